The molecule has 0 spiro atoms. The Hall–Kier alpha value is -1.69. The number of hydrogen-bond acceptors (Lipinski definition) is 5. The van der Waals surface area contributed by atoms with E-state index in [1.807, 2.05) is 54.6 Å². The summed E-state index contributed by atoms with van der Waals surface area (Å²) < 4.78 is 6.12. The van der Waals surface area contributed by atoms with Gasteiger partial charge in [-0.2, -0.15) is 10.2 Å². The van der Waals surface area contributed by atoms with Crippen LogP contribution in [0.2, 0.25) is 0 Å². The maximum absolute atomic E-state index is 11.0. The number of nitrogens with zero attached hydrogens (tertiary/aromatic N) is 2. The fourth-order valence-corrected chi connectivity index (χ4v) is 4.15. The molecule has 0 heterocycles. The predicted molar refractivity (Wildman–Crippen MR) is 141 cm³/mol. The molecule has 5 nitrogen and oxygen atoms in total. The van der Waals surface area contributed by atoms with Crippen LogP contribution in [0.15, 0.2) is 64.8 Å². The van der Waals surface area contributed by atoms with Gasteiger partial charge in [-0.1, -0.05) is 95.8 Å². The zero-order valence-electron chi connectivity index (χ0n) is 22.5. The minimum absolute atomic E-state index is 0. The van der Waals surface area contributed by atoms with Crippen LogP contribution in [0.25, 0.3) is 0 Å². The maximum atomic E-state index is 11.0. The molecule has 0 aliphatic heterocycles. The Kier molecular flexibility index (Phi) is 19.2. The first kappa shape index (κ1) is 32.3. The Morgan fingerprint density at radius 2 is 1.22 bits per heavy atom. The summed E-state index contributed by atoms with van der Waals surface area (Å²) in [4.78, 5) is 11.0. The molecule has 0 amide bonds. The van der Waals surface area contributed by atoms with Crippen LogP contribution in [0, 0.1) is 0 Å². The number of carboxylic acid groups (broad SMARTS) is 1. The van der Waals surface area contributed by atoms with Gasteiger partial charge in [0.1, 0.15) is 5.75 Å². The Morgan fingerprint density at radius 3 is 1.75 bits per heavy atom. The Balaban J connectivity index is 0.00000648. The van der Waals surface area contributed by atoms with E-state index in [-0.39, 0.29) is 42.1 Å². The van der Waals surface area contributed by atoms with E-state index in [9.17, 15) is 9.90 Å². The van der Waals surface area contributed by atoms with E-state index < -0.39 is 5.97 Å². The van der Waals surface area contributed by atoms with Gasteiger partial charge in [0.2, 0.25) is 0 Å². The molecule has 1 atom stereocenters. The molecule has 0 saturated carbocycles. The van der Waals surface area contributed by atoms with Crippen LogP contribution in [-0.2, 0) is 4.79 Å². The summed E-state index contributed by atoms with van der Waals surface area (Å²) in [6.45, 7) is 2.26. The molecule has 0 aromatic heterocycles. The van der Waals surface area contributed by atoms with Gasteiger partial charge in [0, 0.05) is 5.97 Å². The predicted octanol–water partition coefficient (Wildman–Crippen LogP) is 5.47. The SMILES string of the molecule is CCCCCCCCCCCCCCC(CCC(=O)[O-])Oc1ccc(N=Nc2ccccc2)cc1.[Na+]. The molecule has 1 unspecified atom stereocenters. The summed E-state index contributed by atoms with van der Waals surface area (Å²) in [5.74, 6) is -0.295. The van der Waals surface area contributed by atoms with E-state index >= 15 is 0 Å². The van der Waals surface area contributed by atoms with Crippen LogP contribution in [0.4, 0.5) is 11.4 Å². The summed E-state index contributed by atoms with van der Waals surface area (Å²) in [7, 11) is 0. The van der Waals surface area contributed by atoms with Crippen molar-refractivity contribution in [1.29, 1.82) is 0 Å². The Morgan fingerprint density at radius 1 is 0.722 bits per heavy atom. The van der Waals surface area contributed by atoms with E-state index in [0.29, 0.717) is 6.42 Å². The molecule has 0 bridgehead atoms. The van der Waals surface area contributed by atoms with Crippen molar-refractivity contribution < 1.29 is 44.2 Å². The van der Waals surface area contributed by atoms with Crippen LogP contribution >= 0.6 is 0 Å². The second-order valence-electron chi connectivity index (χ2n) is 9.36. The first-order valence-corrected chi connectivity index (χ1v) is 13.6. The molecule has 0 N–H and O–H groups in total. The number of hydrogen-bond donors (Lipinski definition) is 0. The molecule has 192 valence electrons. The van der Waals surface area contributed by atoms with Crippen LogP contribution in [-0.4, -0.2) is 12.1 Å². The molecule has 2 aromatic rings. The van der Waals surface area contributed by atoms with Gasteiger partial charge in [-0.05, 0) is 62.1 Å². The Labute approximate surface area is 240 Å². The molecule has 0 saturated heterocycles. The van der Waals surface area contributed by atoms with Gasteiger partial charge in [0.15, 0.2) is 0 Å². The topological polar surface area (TPSA) is 74.1 Å². The van der Waals surface area contributed by atoms with Gasteiger partial charge in [0.25, 0.3) is 0 Å². The molecule has 0 fully saturated rings. The number of carbonyl (C=O) groups is 1. The average molecular weight is 503 g/mol. The molecule has 2 aromatic carbocycles. The van der Waals surface area contributed by atoms with E-state index in [1.54, 1.807) is 0 Å². The van der Waals surface area contributed by atoms with Crippen LogP contribution in [0.5, 0.6) is 5.75 Å². The molecule has 0 aliphatic carbocycles. The second kappa shape index (κ2) is 21.4. The summed E-state index contributed by atoms with van der Waals surface area (Å²) in [6, 6.07) is 17.1. The number of carboxylic acids is 1. The van der Waals surface area contributed by atoms with Crippen molar-refractivity contribution in [3.63, 3.8) is 0 Å². The third-order valence-corrected chi connectivity index (χ3v) is 6.23. The largest absolute Gasteiger partial charge is 1.00 e. The van der Waals surface area contributed by atoms with Crippen molar-refractivity contribution >= 4 is 17.3 Å². The monoisotopic (exact) mass is 502 g/mol. The van der Waals surface area contributed by atoms with Gasteiger partial charge in [-0.3, -0.25) is 0 Å². The molecule has 0 aliphatic rings. The second-order valence-corrected chi connectivity index (χ2v) is 9.36. The summed E-state index contributed by atoms with van der Waals surface area (Å²) in [6.07, 6.45) is 16.9. The fourth-order valence-electron chi connectivity index (χ4n) is 4.15. The van der Waals surface area contributed by atoms with Crippen LogP contribution in [0.3, 0.4) is 0 Å². The molecule has 36 heavy (non-hydrogen) atoms. The minimum Gasteiger partial charge on any atom is -0.550 e. The first-order valence-electron chi connectivity index (χ1n) is 13.6. The van der Waals surface area contributed by atoms with E-state index in [0.717, 1.165) is 30.0 Å². The number of ether oxygens (including phenoxy) is 1. The normalized spacial score (nSPS) is 11.8. The minimum atomic E-state index is -1.02. The van der Waals surface area contributed by atoms with Crippen molar-refractivity contribution in [1.82, 2.24) is 0 Å². The third-order valence-electron chi connectivity index (χ3n) is 6.23. The zero-order valence-corrected chi connectivity index (χ0v) is 24.5. The van der Waals surface area contributed by atoms with Gasteiger partial charge < -0.3 is 14.6 Å². The van der Waals surface area contributed by atoms with Gasteiger partial charge in [-0.25, -0.2) is 0 Å². The molecular formula is C30H43N2NaO3. The number of benzene rings is 2. The summed E-state index contributed by atoms with van der Waals surface area (Å²) in [5.41, 5.74) is 1.55. The van der Waals surface area contributed by atoms with Gasteiger partial charge in [0.05, 0.1) is 17.5 Å². The number of rotatable bonds is 20. The van der Waals surface area contributed by atoms with Crippen LogP contribution in [0.1, 0.15) is 103 Å². The molecule has 2 rings (SSSR count). The number of azo groups is 1. The zero-order chi connectivity index (χ0) is 25.0. The van der Waals surface area contributed by atoms with Crippen molar-refractivity contribution in [2.24, 2.45) is 10.2 Å². The fraction of sp³-hybridized carbons (Fsp3) is 0.567. The van der Waals surface area contributed by atoms with E-state index in [1.165, 1.54) is 70.6 Å². The van der Waals surface area contributed by atoms with Gasteiger partial charge >= 0.3 is 29.6 Å². The standard InChI is InChI=1S/C30H44N2O3.Na/c1-2-3-4-5-6-7-8-9-10-11-12-16-19-28(24-25-30(33)34)35-29-22-20-27(21-23-29)32-31-26-17-14-13-15-18-26;/h13-15,17-18,20-23,28H,2-12,16,19,24-25H2,1H3,(H,33,34);/q;+1/p-1. The quantitative estimate of drug-likeness (QED) is 0.137. The molecular weight excluding hydrogens is 459 g/mol. The number of carbonyl (C=O) groups excluding carboxylic acids is 1. The van der Waals surface area contributed by atoms with Gasteiger partial charge in [-0.15, -0.1) is 0 Å². The van der Waals surface area contributed by atoms with Crippen LogP contribution < -0.4 is 39.4 Å². The first-order chi connectivity index (χ1) is 17.2. The van der Waals surface area contributed by atoms with Crippen molar-refractivity contribution in [3.05, 3.63) is 54.6 Å². The number of unbranched alkanes of at least 4 members (excludes halogenated alkanes) is 11. The maximum Gasteiger partial charge on any atom is 1.00 e. The molecule has 0 radical (unpaired) electrons. The van der Waals surface area contributed by atoms with Crippen molar-refractivity contribution in [2.45, 2.75) is 109 Å². The smallest absolute Gasteiger partial charge is 0.550 e. The average Bonchev–Trinajstić information content (AvgIpc) is 2.88. The third kappa shape index (κ3) is 16.1. The Bertz CT molecular complexity index is 828. The number of aliphatic carboxylic acids is 1. The summed E-state index contributed by atoms with van der Waals surface area (Å²) >= 11 is 0. The van der Waals surface area contributed by atoms with E-state index in [2.05, 4.69) is 17.2 Å². The summed E-state index contributed by atoms with van der Waals surface area (Å²) in [5, 5.41) is 19.5. The molecule has 6 heteroatoms. The van der Waals surface area contributed by atoms with Crippen molar-refractivity contribution in [3.8, 4) is 5.75 Å². The van der Waals surface area contributed by atoms with E-state index in [4.69, 9.17) is 4.74 Å². The van der Waals surface area contributed by atoms with Crippen molar-refractivity contribution in [2.75, 3.05) is 0 Å².